The number of benzene rings is 2. The molecule has 0 unspecified atom stereocenters. The minimum absolute atomic E-state index is 0.00880. The second kappa shape index (κ2) is 8.13. The number of para-hydroxylation sites is 1. The Hall–Kier alpha value is -4.05. The summed E-state index contributed by atoms with van der Waals surface area (Å²) in [4.78, 5) is 19.9. The van der Waals surface area contributed by atoms with Gasteiger partial charge < -0.3 is 15.8 Å². The molecule has 0 saturated carbocycles. The number of nitrogen functional groups attached to an aromatic ring is 1. The zero-order valence-electron chi connectivity index (χ0n) is 15.2. The van der Waals surface area contributed by atoms with Crippen molar-refractivity contribution in [3.8, 4) is 17.3 Å². The molecule has 30 heavy (non-hydrogen) atoms. The van der Waals surface area contributed by atoms with Gasteiger partial charge in [0.2, 0.25) is 5.88 Å². The van der Waals surface area contributed by atoms with Crippen LogP contribution in [0.5, 0.6) is 11.6 Å². The summed E-state index contributed by atoms with van der Waals surface area (Å²) < 4.78 is 21.2. The summed E-state index contributed by atoms with van der Waals surface area (Å²) in [6.45, 7) is 0. The highest BCUT2D eigenvalue weighted by atomic mass is 35.5. The van der Waals surface area contributed by atoms with Crippen LogP contribution in [0.25, 0.3) is 5.69 Å². The molecule has 2 heterocycles. The second-order valence-corrected chi connectivity index (χ2v) is 6.34. The van der Waals surface area contributed by atoms with Gasteiger partial charge in [0.05, 0.1) is 11.9 Å². The van der Waals surface area contributed by atoms with Gasteiger partial charge in [0.25, 0.3) is 5.91 Å². The van der Waals surface area contributed by atoms with Gasteiger partial charge in [-0.2, -0.15) is 4.98 Å². The van der Waals surface area contributed by atoms with Crippen LogP contribution in [0, 0.1) is 5.82 Å². The van der Waals surface area contributed by atoms with Crippen molar-refractivity contribution in [2.45, 2.75) is 0 Å². The van der Waals surface area contributed by atoms with E-state index in [1.165, 1.54) is 23.0 Å². The standard InChI is InChI=1S/C19H13ClFN7O2/c20-16-17(22)23-10-24-19(16)30-15-7-6-11(8-13(15)21)25-18(29)14-9-28(27-26-14)12-4-2-1-3-5-12/h1-10H,(H,25,29)(H2,22,23,24). The van der Waals surface area contributed by atoms with Crippen LogP contribution in [0.3, 0.4) is 0 Å². The van der Waals surface area contributed by atoms with Gasteiger partial charge in [-0.3, -0.25) is 4.79 Å². The summed E-state index contributed by atoms with van der Waals surface area (Å²) in [5, 5.41) is 10.3. The number of carbonyl (C=O) groups is 1. The Morgan fingerprint density at radius 1 is 1.17 bits per heavy atom. The number of ether oxygens (including phenoxy) is 1. The van der Waals surface area contributed by atoms with Gasteiger partial charge in [0.15, 0.2) is 17.3 Å². The van der Waals surface area contributed by atoms with Crippen molar-refractivity contribution in [3.05, 3.63) is 77.6 Å². The molecule has 4 rings (SSSR count). The fourth-order valence-corrected chi connectivity index (χ4v) is 2.61. The van der Waals surface area contributed by atoms with Crippen LogP contribution in [0.1, 0.15) is 10.5 Å². The molecular formula is C19H13ClFN7O2. The number of hydrogen-bond donors (Lipinski definition) is 2. The maximum Gasteiger partial charge on any atom is 0.277 e. The van der Waals surface area contributed by atoms with E-state index in [-0.39, 0.29) is 33.9 Å². The highest BCUT2D eigenvalue weighted by Gasteiger charge is 2.15. The van der Waals surface area contributed by atoms with Crippen LogP contribution >= 0.6 is 11.6 Å². The van der Waals surface area contributed by atoms with Crippen molar-refractivity contribution in [1.82, 2.24) is 25.0 Å². The highest BCUT2D eigenvalue weighted by Crippen LogP contribution is 2.32. The Bertz CT molecular complexity index is 1220. The summed E-state index contributed by atoms with van der Waals surface area (Å²) in [7, 11) is 0. The van der Waals surface area contributed by atoms with E-state index in [0.29, 0.717) is 0 Å². The molecule has 0 aliphatic carbocycles. The summed E-state index contributed by atoms with van der Waals surface area (Å²) in [6.07, 6.45) is 2.62. The minimum Gasteiger partial charge on any atom is -0.434 e. The van der Waals surface area contributed by atoms with Gasteiger partial charge in [-0.15, -0.1) is 5.10 Å². The van der Waals surface area contributed by atoms with Crippen molar-refractivity contribution >= 4 is 29.0 Å². The van der Waals surface area contributed by atoms with Gasteiger partial charge in [0.1, 0.15) is 17.2 Å². The molecule has 2 aromatic heterocycles. The van der Waals surface area contributed by atoms with Crippen LogP contribution in [-0.4, -0.2) is 30.9 Å². The van der Waals surface area contributed by atoms with E-state index >= 15 is 0 Å². The molecule has 0 radical (unpaired) electrons. The molecule has 150 valence electrons. The first-order valence-electron chi connectivity index (χ1n) is 8.54. The second-order valence-electron chi connectivity index (χ2n) is 5.96. The lowest BCUT2D eigenvalue weighted by atomic mass is 10.2. The summed E-state index contributed by atoms with van der Waals surface area (Å²) in [6, 6.07) is 13.1. The van der Waals surface area contributed by atoms with E-state index < -0.39 is 11.7 Å². The fraction of sp³-hybridized carbons (Fsp3) is 0. The van der Waals surface area contributed by atoms with E-state index in [0.717, 1.165) is 18.1 Å². The summed E-state index contributed by atoms with van der Waals surface area (Å²) in [5.74, 6) is -1.51. The van der Waals surface area contributed by atoms with Crippen molar-refractivity contribution in [2.75, 3.05) is 11.1 Å². The lowest BCUT2D eigenvalue weighted by molar-refractivity contribution is 0.102. The first-order valence-corrected chi connectivity index (χ1v) is 8.91. The molecule has 0 fully saturated rings. The van der Waals surface area contributed by atoms with Crippen LogP contribution in [0.2, 0.25) is 5.02 Å². The number of amides is 1. The van der Waals surface area contributed by atoms with E-state index in [1.807, 2.05) is 30.3 Å². The van der Waals surface area contributed by atoms with Crippen LogP contribution in [0.4, 0.5) is 15.9 Å². The maximum absolute atomic E-state index is 14.4. The third-order valence-corrected chi connectivity index (χ3v) is 4.28. The number of nitrogens with zero attached hydrogens (tertiary/aromatic N) is 5. The normalized spacial score (nSPS) is 10.6. The molecule has 0 aliphatic heterocycles. The molecule has 0 saturated heterocycles. The predicted octanol–water partition coefficient (Wildman–Crippen LogP) is 3.48. The van der Waals surface area contributed by atoms with Crippen molar-refractivity contribution < 1.29 is 13.9 Å². The lowest BCUT2D eigenvalue weighted by Crippen LogP contribution is -2.12. The fourth-order valence-electron chi connectivity index (χ4n) is 2.47. The molecule has 0 aliphatic rings. The molecule has 4 aromatic rings. The quantitative estimate of drug-likeness (QED) is 0.502. The van der Waals surface area contributed by atoms with Gasteiger partial charge in [-0.25, -0.2) is 14.1 Å². The van der Waals surface area contributed by atoms with Crippen molar-refractivity contribution in [2.24, 2.45) is 0 Å². The third-order valence-electron chi connectivity index (χ3n) is 3.93. The Morgan fingerprint density at radius 2 is 1.97 bits per heavy atom. The van der Waals surface area contributed by atoms with E-state index in [2.05, 4.69) is 25.6 Å². The maximum atomic E-state index is 14.4. The molecule has 0 atom stereocenters. The first kappa shape index (κ1) is 19.3. The van der Waals surface area contributed by atoms with E-state index in [9.17, 15) is 9.18 Å². The lowest BCUT2D eigenvalue weighted by Gasteiger charge is -2.09. The Kier molecular flexibility index (Phi) is 5.22. The van der Waals surface area contributed by atoms with Gasteiger partial charge >= 0.3 is 0 Å². The van der Waals surface area contributed by atoms with Crippen molar-refractivity contribution in [1.29, 1.82) is 0 Å². The SMILES string of the molecule is Nc1ncnc(Oc2ccc(NC(=O)c3cn(-c4ccccc4)nn3)cc2F)c1Cl. The van der Waals surface area contributed by atoms with Crippen molar-refractivity contribution in [3.63, 3.8) is 0 Å². The molecule has 0 bridgehead atoms. The topological polar surface area (TPSA) is 121 Å². The molecular weight excluding hydrogens is 413 g/mol. The largest absolute Gasteiger partial charge is 0.434 e. The van der Waals surface area contributed by atoms with Gasteiger partial charge in [-0.05, 0) is 24.3 Å². The molecule has 9 nitrogen and oxygen atoms in total. The Morgan fingerprint density at radius 3 is 2.73 bits per heavy atom. The zero-order valence-corrected chi connectivity index (χ0v) is 15.9. The number of halogens is 2. The molecule has 2 aromatic carbocycles. The minimum atomic E-state index is -0.742. The first-order chi connectivity index (χ1) is 14.5. The average Bonchev–Trinajstić information content (AvgIpc) is 3.24. The smallest absolute Gasteiger partial charge is 0.277 e. The third kappa shape index (κ3) is 4.03. The number of anilines is 2. The zero-order chi connectivity index (χ0) is 21.1. The summed E-state index contributed by atoms with van der Waals surface area (Å²) in [5.41, 5.74) is 6.59. The monoisotopic (exact) mass is 425 g/mol. The van der Waals surface area contributed by atoms with Crippen LogP contribution < -0.4 is 15.8 Å². The number of nitrogens with one attached hydrogen (secondary N) is 1. The highest BCUT2D eigenvalue weighted by molar-refractivity contribution is 6.34. The van der Waals surface area contributed by atoms with Crippen LogP contribution in [-0.2, 0) is 0 Å². The molecule has 0 spiro atoms. The summed E-state index contributed by atoms with van der Waals surface area (Å²) >= 11 is 5.94. The Labute approximate surface area is 174 Å². The predicted molar refractivity (Wildman–Crippen MR) is 107 cm³/mol. The van der Waals surface area contributed by atoms with Gasteiger partial charge in [0, 0.05) is 11.8 Å². The van der Waals surface area contributed by atoms with Gasteiger partial charge in [-0.1, -0.05) is 35.0 Å². The van der Waals surface area contributed by atoms with E-state index in [1.54, 1.807) is 0 Å². The number of carbonyl (C=O) groups excluding carboxylic acids is 1. The Balaban J connectivity index is 1.48. The molecule has 11 heteroatoms. The van der Waals surface area contributed by atoms with E-state index in [4.69, 9.17) is 22.1 Å². The number of hydrogen-bond acceptors (Lipinski definition) is 7. The number of nitrogens with two attached hydrogens (primary N) is 1. The molecule has 1 amide bonds. The number of rotatable bonds is 5. The number of aromatic nitrogens is 5. The molecule has 3 N–H and O–H groups in total. The van der Waals surface area contributed by atoms with Crippen LogP contribution in [0.15, 0.2) is 61.1 Å². The average molecular weight is 426 g/mol.